The van der Waals surface area contributed by atoms with Crippen molar-refractivity contribution in [1.29, 1.82) is 0 Å². The highest BCUT2D eigenvalue weighted by molar-refractivity contribution is 8.19. The highest BCUT2D eigenvalue weighted by Gasteiger charge is 2.38. The van der Waals surface area contributed by atoms with Crippen LogP contribution in [0.4, 0.5) is 5.69 Å². The number of amidine groups is 1. The van der Waals surface area contributed by atoms with Crippen LogP contribution in [0.1, 0.15) is 19.4 Å². The normalized spacial score (nSPS) is 21.3. The molecule has 6 nitrogen and oxygen atoms in total. The largest absolute Gasteiger partial charge is 0.347 e. The lowest BCUT2D eigenvalue weighted by Crippen LogP contribution is -2.29. The van der Waals surface area contributed by atoms with Crippen molar-refractivity contribution in [2.75, 3.05) is 18.5 Å². The van der Waals surface area contributed by atoms with Gasteiger partial charge in [-0.15, -0.1) is 11.0 Å². The molecule has 0 N–H and O–H groups in total. The summed E-state index contributed by atoms with van der Waals surface area (Å²) in [5, 5.41) is 0.121. The Bertz CT molecular complexity index is 1310. The summed E-state index contributed by atoms with van der Waals surface area (Å²) in [5.41, 5.74) is 3.15. The molecule has 2 heterocycles. The molecule has 0 bridgehead atoms. The number of nitrogens with zero attached hydrogens (tertiary/aromatic N) is 3. The lowest BCUT2D eigenvalue weighted by Gasteiger charge is -2.23. The van der Waals surface area contributed by atoms with Gasteiger partial charge in [0.05, 0.1) is 9.80 Å². The molecule has 1 amide bonds. The fraction of sp³-hybridized carbons (Fsp3) is 0.200. The number of carbonyl (C=O) groups is 1. The van der Waals surface area contributed by atoms with E-state index in [4.69, 9.17) is 0 Å². The highest BCUT2D eigenvalue weighted by atomic mass is 32.2. The van der Waals surface area contributed by atoms with E-state index < -0.39 is 10.0 Å². The molecule has 0 radical (unpaired) electrons. The maximum Gasteiger partial charge on any atom is 0.284 e. The summed E-state index contributed by atoms with van der Waals surface area (Å²) in [4.78, 5) is 17.0. The Morgan fingerprint density at radius 3 is 2.39 bits per heavy atom. The van der Waals surface area contributed by atoms with Crippen molar-refractivity contribution in [2.45, 2.75) is 24.2 Å². The molecule has 33 heavy (non-hydrogen) atoms. The third-order valence-electron chi connectivity index (χ3n) is 5.77. The number of amides is 1. The zero-order chi connectivity index (χ0) is 23.8. The van der Waals surface area contributed by atoms with Crippen LogP contribution in [0.15, 0.2) is 99.3 Å². The predicted molar refractivity (Wildman–Crippen MR) is 135 cm³/mol. The Labute approximate surface area is 199 Å². The van der Waals surface area contributed by atoms with Crippen molar-refractivity contribution in [3.63, 3.8) is 0 Å². The Balaban J connectivity index is 1.70. The Morgan fingerprint density at radius 1 is 1.06 bits per heavy atom. The molecule has 2 aromatic carbocycles. The average molecular weight is 480 g/mol. The average Bonchev–Trinajstić information content (AvgIpc) is 3.18. The second-order valence-corrected chi connectivity index (χ2v) is 10.9. The van der Waals surface area contributed by atoms with E-state index in [1.807, 2.05) is 25.3 Å². The Kier molecular flexibility index (Phi) is 6.07. The molecule has 4 rings (SSSR count). The Morgan fingerprint density at radius 2 is 1.73 bits per heavy atom. The fourth-order valence-corrected chi connectivity index (χ4v) is 6.24. The summed E-state index contributed by atoms with van der Waals surface area (Å²) >= 11 is 1.05. The monoisotopic (exact) mass is 479 g/mol. The number of para-hydroxylation sites is 1. The molecular weight excluding hydrogens is 454 g/mol. The Hall–Kier alpha value is -3.10. The number of carbonyl (C=O) groups excluding carboxylic acids is 1. The standard InChI is InChI=1S/C25H25N3O3S2/c1-5-17-28-23(29)21(32-24(28)26-33(30,31)18-11-7-6-8-12-18)15-16-22-25(2,3)19-13-9-10-14-20(19)27(22)4/h5-16H,1,17H2,2-4H3/b21-15-,22-16+,26-24+. The van der Waals surface area contributed by atoms with Gasteiger partial charge in [0.2, 0.25) is 0 Å². The summed E-state index contributed by atoms with van der Waals surface area (Å²) in [6.07, 6.45) is 5.23. The van der Waals surface area contributed by atoms with Crippen molar-refractivity contribution in [2.24, 2.45) is 4.40 Å². The number of thioether (sulfide) groups is 1. The van der Waals surface area contributed by atoms with Gasteiger partial charge in [-0.2, -0.15) is 8.42 Å². The van der Waals surface area contributed by atoms with Gasteiger partial charge in [0.25, 0.3) is 15.9 Å². The molecular formula is C25H25N3O3S2. The van der Waals surface area contributed by atoms with Gasteiger partial charge in [0.15, 0.2) is 5.17 Å². The highest BCUT2D eigenvalue weighted by Crippen LogP contribution is 2.46. The van der Waals surface area contributed by atoms with Crippen LogP contribution in [0, 0.1) is 0 Å². The first-order chi connectivity index (χ1) is 15.7. The fourth-order valence-electron chi connectivity index (χ4n) is 4.08. The van der Waals surface area contributed by atoms with E-state index in [0.717, 1.165) is 23.1 Å². The van der Waals surface area contributed by atoms with Gasteiger partial charge >= 0.3 is 0 Å². The summed E-state index contributed by atoms with van der Waals surface area (Å²) in [5.74, 6) is -0.297. The second-order valence-electron chi connectivity index (χ2n) is 8.25. The lowest BCUT2D eigenvalue weighted by atomic mass is 9.84. The van der Waals surface area contributed by atoms with Gasteiger partial charge in [-0.25, -0.2) is 0 Å². The molecule has 2 aliphatic rings. The quantitative estimate of drug-likeness (QED) is 0.460. The van der Waals surface area contributed by atoms with Crippen LogP contribution in [-0.4, -0.2) is 38.0 Å². The summed E-state index contributed by atoms with van der Waals surface area (Å²) < 4.78 is 29.5. The molecule has 2 aliphatic heterocycles. The molecule has 8 heteroatoms. The van der Waals surface area contributed by atoms with E-state index in [-0.39, 0.29) is 27.9 Å². The van der Waals surface area contributed by atoms with E-state index in [1.54, 1.807) is 30.4 Å². The molecule has 1 fully saturated rings. The first kappa shape index (κ1) is 23.1. The van der Waals surface area contributed by atoms with Crippen LogP contribution in [0.25, 0.3) is 0 Å². The molecule has 0 saturated carbocycles. The van der Waals surface area contributed by atoms with Gasteiger partial charge in [-0.05, 0) is 47.7 Å². The number of allylic oxidation sites excluding steroid dienone is 3. The molecule has 0 aliphatic carbocycles. The molecule has 170 valence electrons. The first-order valence-corrected chi connectivity index (χ1v) is 12.7. The summed E-state index contributed by atoms with van der Waals surface area (Å²) in [7, 11) is -1.94. The molecule has 0 unspecified atom stereocenters. The minimum absolute atomic E-state index is 0.0794. The van der Waals surface area contributed by atoms with E-state index in [1.165, 1.54) is 22.6 Å². The van der Waals surface area contributed by atoms with Crippen LogP contribution in [0.3, 0.4) is 0 Å². The van der Waals surface area contributed by atoms with E-state index in [2.05, 4.69) is 41.9 Å². The molecule has 0 aromatic heterocycles. The maximum absolute atomic E-state index is 13.1. The lowest BCUT2D eigenvalue weighted by molar-refractivity contribution is -0.121. The van der Waals surface area contributed by atoms with Crippen LogP contribution in [0.5, 0.6) is 0 Å². The van der Waals surface area contributed by atoms with Crippen molar-refractivity contribution in [1.82, 2.24) is 4.90 Å². The van der Waals surface area contributed by atoms with Crippen LogP contribution in [0.2, 0.25) is 0 Å². The van der Waals surface area contributed by atoms with Crippen molar-refractivity contribution < 1.29 is 13.2 Å². The van der Waals surface area contributed by atoms with E-state index in [9.17, 15) is 13.2 Å². The smallest absolute Gasteiger partial charge is 0.284 e. The molecule has 2 aromatic rings. The first-order valence-electron chi connectivity index (χ1n) is 10.4. The minimum Gasteiger partial charge on any atom is -0.347 e. The second kappa shape index (κ2) is 8.68. The van der Waals surface area contributed by atoms with Gasteiger partial charge in [-0.1, -0.05) is 56.3 Å². The molecule has 0 atom stereocenters. The van der Waals surface area contributed by atoms with E-state index in [0.29, 0.717) is 4.91 Å². The van der Waals surface area contributed by atoms with Crippen LogP contribution >= 0.6 is 11.8 Å². The van der Waals surface area contributed by atoms with Crippen molar-refractivity contribution >= 4 is 38.5 Å². The van der Waals surface area contributed by atoms with Gasteiger partial charge in [-0.3, -0.25) is 9.69 Å². The number of anilines is 1. The third kappa shape index (κ3) is 4.16. The minimum atomic E-state index is -3.95. The van der Waals surface area contributed by atoms with Gasteiger partial charge in [0.1, 0.15) is 0 Å². The number of likely N-dealkylation sites (N-methyl/N-ethyl adjacent to an activating group) is 1. The SMILES string of the molecule is C=CCN1C(=O)/C(=C/C=C2/N(C)c3ccccc3C2(C)C)S/C1=N/S(=O)(=O)c1ccccc1. The van der Waals surface area contributed by atoms with Gasteiger partial charge < -0.3 is 4.90 Å². The van der Waals surface area contributed by atoms with Crippen molar-refractivity contribution in [3.05, 3.63) is 95.6 Å². The van der Waals surface area contributed by atoms with Crippen LogP contribution in [-0.2, 0) is 20.2 Å². The zero-order valence-corrected chi connectivity index (χ0v) is 20.4. The number of hydrogen-bond acceptors (Lipinski definition) is 5. The van der Waals surface area contributed by atoms with Crippen molar-refractivity contribution in [3.8, 4) is 0 Å². The number of hydrogen-bond donors (Lipinski definition) is 0. The van der Waals surface area contributed by atoms with E-state index >= 15 is 0 Å². The topological polar surface area (TPSA) is 70.1 Å². The number of sulfonamides is 1. The summed E-state index contributed by atoms with van der Waals surface area (Å²) in [6, 6.07) is 16.2. The van der Waals surface area contributed by atoms with Crippen LogP contribution < -0.4 is 4.90 Å². The zero-order valence-electron chi connectivity index (χ0n) is 18.7. The molecule has 0 spiro atoms. The summed E-state index contributed by atoms with van der Waals surface area (Å²) in [6.45, 7) is 8.15. The predicted octanol–water partition coefficient (Wildman–Crippen LogP) is 4.69. The maximum atomic E-state index is 13.1. The number of rotatable bonds is 5. The number of fused-ring (bicyclic) bond motifs is 1. The molecule has 1 saturated heterocycles. The number of benzene rings is 2. The third-order valence-corrected chi connectivity index (χ3v) is 8.19. The van der Waals surface area contributed by atoms with Gasteiger partial charge in [0, 0.05) is 30.4 Å².